The van der Waals surface area contributed by atoms with Gasteiger partial charge in [-0.1, -0.05) is 33.1 Å². The zero-order valence-corrected chi connectivity index (χ0v) is 18.3. The third-order valence-electron chi connectivity index (χ3n) is 6.66. The molecule has 0 spiro atoms. The Kier molecular flexibility index (Phi) is 6.10. The zero-order chi connectivity index (χ0) is 21.4. The van der Waals surface area contributed by atoms with Crippen LogP contribution in [0.25, 0.3) is 11.2 Å². The van der Waals surface area contributed by atoms with Crippen molar-refractivity contribution in [2.75, 3.05) is 18.5 Å². The fourth-order valence-corrected chi connectivity index (χ4v) is 5.07. The van der Waals surface area contributed by atoms with Crippen LogP contribution in [0.4, 0.5) is 5.82 Å². The number of rotatable bonds is 7. The average molecular weight is 432 g/mol. The van der Waals surface area contributed by atoms with Crippen molar-refractivity contribution in [3.8, 4) is 0 Å². The number of ether oxygens (including phenoxy) is 3. The Morgan fingerprint density at radius 3 is 2.68 bits per heavy atom. The molecule has 5 rings (SSSR count). The number of hydrogen-bond donors (Lipinski definition) is 2. The maximum Gasteiger partial charge on any atom is 0.167 e. The van der Waals surface area contributed by atoms with E-state index in [0.717, 1.165) is 24.3 Å². The number of imidazole rings is 1. The van der Waals surface area contributed by atoms with E-state index in [4.69, 9.17) is 14.2 Å². The van der Waals surface area contributed by atoms with Gasteiger partial charge in [-0.2, -0.15) is 0 Å². The van der Waals surface area contributed by atoms with Crippen molar-refractivity contribution in [2.24, 2.45) is 11.8 Å². The number of aromatic nitrogens is 4. The molecule has 2 saturated heterocycles. The molecular weight excluding hydrogens is 398 g/mol. The van der Waals surface area contributed by atoms with Crippen LogP contribution in [-0.4, -0.2) is 62.4 Å². The Labute approximate surface area is 182 Å². The van der Waals surface area contributed by atoms with Crippen molar-refractivity contribution >= 4 is 17.0 Å². The first-order valence-electron chi connectivity index (χ1n) is 11.6. The van der Waals surface area contributed by atoms with Gasteiger partial charge in [0.1, 0.15) is 24.6 Å². The summed E-state index contributed by atoms with van der Waals surface area (Å²) in [5.41, 5.74) is 1.42. The fraction of sp³-hybridized carbons (Fsp3) is 0.773. The van der Waals surface area contributed by atoms with E-state index < -0.39 is 12.3 Å². The van der Waals surface area contributed by atoms with Crippen molar-refractivity contribution in [3.63, 3.8) is 0 Å². The van der Waals surface area contributed by atoms with Gasteiger partial charge in [-0.15, -0.1) is 0 Å². The largest absolute Gasteiger partial charge is 0.394 e. The van der Waals surface area contributed by atoms with E-state index in [1.165, 1.54) is 32.1 Å². The second kappa shape index (κ2) is 8.97. The molecule has 2 N–H and O–H groups in total. The number of anilines is 1. The zero-order valence-electron chi connectivity index (χ0n) is 18.3. The summed E-state index contributed by atoms with van der Waals surface area (Å²) in [4.78, 5) is 13.5. The van der Waals surface area contributed by atoms with Gasteiger partial charge in [-0.3, -0.25) is 4.57 Å². The van der Waals surface area contributed by atoms with Crippen LogP contribution in [0, 0.1) is 11.8 Å². The third kappa shape index (κ3) is 4.16. The Morgan fingerprint density at radius 1 is 1.10 bits per heavy atom. The van der Waals surface area contributed by atoms with Crippen LogP contribution >= 0.6 is 0 Å². The molecular formula is C22H33N5O4. The molecule has 0 aromatic carbocycles. The highest BCUT2D eigenvalue weighted by Crippen LogP contribution is 2.41. The van der Waals surface area contributed by atoms with Gasteiger partial charge in [-0.25, -0.2) is 15.0 Å². The van der Waals surface area contributed by atoms with Gasteiger partial charge in [0.2, 0.25) is 0 Å². The molecule has 5 atom stereocenters. The van der Waals surface area contributed by atoms with E-state index in [1.54, 1.807) is 12.7 Å². The quantitative estimate of drug-likeness (QED) is 0.690. The molecule has 9 nitrogen and oxygen atoms in total. The summed E-state index contributed by atoms with van der Waals surface area (Å²) in [7, 11) is 0. The van der Waals surface area contributed by atoms with Gasteiger partial charge in [0.25, 0.3) is 0 Å². The van der Waals surface area contributed by atoms with Gasteiger partial charge in [0.05, 0.1) is 12.9 Å². The molecule has 0 amide bonds. The Hall–Kier alpha value is -1.81. The van der Waals surface area contributed by atoms with Crippen molar-refractivity contribution in [1.29, 1.82) is 0 Å². The number of hydrogen-bond acceptors (Lipinski definition) is 8. The Bertz CT molecular complexity index is 884. The van der Waals surface area contributed by atoms with E-state index in [9.17, 15) is 5.11 Å². The lowest BCUT2D eigenvalue weighted by molar-refractivity contribution is -0.155. The van der Waals surface area contributed by atoms with Crippen LogP contribution in [0.15, 0.2) is 12.7 Å². The Morgan fingerprint density at radius 2 is 1.90 bits per heavy atom. The normalized spacial score (nSPS) is 31.5. The molecule has 0 radical (unpaired) electrons. The summed E-state index contributed by atoms with van der Waals surface area (Å²) in [6.45, 7) is 5.07. The lowest BCUT2D eigenvalue weighted by Crippen LogP contribution is -2.31. The van der Waals surface area contributed by atoms with Gasteiger partial charge >= 0.3 is 0 Å². The van der Waals surface area contributed by atoms with Crippen LogP contribution in [0.3, 0.4) is 0 Å². The first-order valence-corrected chi connectivity index (χ1v) is 11.6. The van der Waals surface area contributed by atoms with Crippen LogP contribution in [0.5, 0.6) is 0 Å². The van der Waals surface area contributed by atoms with E-state index in [0.29, 0.717) is 17.5 Å². The average Bonchev–Trinajstić information content (AvgIpc) is 3.46. The molecule has 1 aliphatic carbocycles. The Balaban J connectivity index is 1.36. The maximum absolute atomic E-state index is 9.83. The highest BCUT2D eigenvalue weighted by Gasteiger charge is 2.53. The smallest absolute Gasteiger partial charge is 0.167 e. The molecule has 3 fully saturated rings. The molecule has 170 valence electrons. The lowest BCUT2D eigenvalue weighted by Gasteiger charge is -2.22. The van der Waals surface area contributed by atoms with Crippen molar-refractivity contribution in [2.45, 2.75) is 83.2 Å². The number of aliphatic hydroxyl groups is 1. The highest BCUT2D eigenvalue weighted by molar-refractivity contribution is 5.82. The van der Waals surface area contributed by atoms with Gasteiger partial charge in [0.15, 0.2) is 29.5 Å². The topological polar surface area (TPSA) is 104 Å². The molecule has 31 heavy (non-hydrogen) atoms. The second-order valence-corrected chi connectivity index (χ2v) is 9.44. The van der Waals surface area contributed by atoms with Crippen molar-refractivity contribution in [3.05, 3.63) is 12.7 Å². The molecule has 5 unspecified atom stereocenters. The maximum atomic E-state index is 9.83. The predicted octanol–water partition coefficient (Wildman–Crippen LogP) is 2.86. The number of fused-ring (bicyclic) bond motifs is 2. The molecule has 2 aliphatic heterocycles. The van der Waals surface area contributed by atoms with Crippen molar-refractivity contribution in [1.82, 2.24) is 19.5 Å². The summed E-state index contributed by atoms with van der Waals surface area (Å²) < 4.78 is 20.3. The third-order valence-corrected chi connectivity index (χ3v) is 6.66. The van der Waals surface area contributed by atoms with E-state index >= 15 is 0 Å². The SMILES string of the molecule is CC(C)CC1OC2C(CO)OC(n3cnc4c(NCC5CCCCC5)ncnc43)C2O1. The fourth-order valence-electron chi connectivity index (χ4n) is 5.07. The van der Waals surface area contributed by atoms with Crippen LogP contribution < -0.4 is 5.32 Å². The molecule has 2 aromatic rings. The predicted molar refractivity (Wildman–Crippen MR) is 114 cm³/mol. The molecule has 0 bridgehead atoms. The minimum Gasteiger partial charge on any atom is -0.394 e. The highest BCUT2D eigenvalue weighted by atomic mass is 16.8. The summed E-state index contributed by atoms with van der Waals surface area (Å²) in [5.74, 6) is 1.89. The second-order valence-electron chi connectivity index (χ2n) is 9.44. The number of nitrogens with zero attached hydrogens (tertiary/aromatic N) is 4. The minimum absolute atomic E-state index is 0.120. The van der Waals surface area contributed by atoms with Crippen LogP contribution in [-0.2, 0) is 14.2 Å². The molecule has 3 aliphatic rings. The van der Waals surface area contributed by atoms with E-state index in [1.807, 2.05) is 4.57 Å². The number of aliphatic hydroxyl groups excluding tert-OH is 1. The standard InChI is InChI=1S/C22H33N5O4/c1-13(2)8-16-30-18-15(10-28)29-22(19(18)31-16)27-12-26-17-20(24-11-25-21(17)27)23-9-14-6-4-3-5-7-14/h11-16,18-19,22,28H,3-10H2,1-2H3,(H,23,24,25). The molecule has 1 saturated carbocycles. The first-order chi connectivity index (χ1) is 15.1. The first kappa shape index (κ1) is 21.1. The van der Waals surface area contributed by atoms with E-state index in [-0.39, 0.29) is 25.1 Å². The lowest BCUT2D eigenvalue weighted by atomic mass is 9.89. The molecule has 9 heteroatoms. The summed E-state index contributed by atoms with van der Waals surface area (Å²) in [6.07, 6.45) is 8.82. The summed E-state index contributed by atoms with van der Waals surface area (Å²) in [5, 5.41) is 13.3. The van der Waals surface area contributed by atoms with Crippen LogP contribution in [0.1, 0.15) is 58.6 Å². The van der Waals surface area contributed by atoms with Gasteiger partial charge < -0.3 is 24.6 Å². The summed E-state index contributed by atoms with van der Waals surface area (Å²) >= 11 is 0. The van der Waals surface area contributed by atoms with Gasteiger partial charge in [0, 0.05) is 13.0 Å². The van der Waals surface area contributed by atoms with Gasteiger partial charge in [-0.05, 0) is 24.7 Å². The van der Waals surface area contributed by atoms with E-state index in [2.05, 4.69) is 34.1 Å². The van der Waals surface area contributed by atoms with Crippen molar-refractivity contribution < 1.29 is 19.3 Å². The van der Waals surface area contributed by atoms with Crippen LogP contribution in [0.2, 0.25) is 0 Å². The minimum atomic E-state index is -0.453. The number of nitrogens with one attached hydrogen (secondary N) is 1. The summed E-state index contributed by atoms with van der Waals surface area (Å²) in [6, 6.07) is 0. The molecule has 4 heterocycles. The molecule has 2 aromatic heterocycles. The monoisotopic (exact) mass is 431 g/mol.